The number of hydrogen-bond acceptors (Lipinski definition) is 7. The Morgan fingerprint density at radius 2 is 1.85 bits per heavy atom. The van der Waals surface area contributed by atoms with Crippen molar-refractivity contribution in [2.75, 3.05) is 32.7 Å². The molecule has 7 nitrogen and oxygen atoms in total. The Balaban J connectivity index is 1.44. The van der Waals surface area contributed by atoms with E-state index in [9.17, 15) is 9.59 Å². The van der Waals surface area contributed by atoms with Crippen LogP contribution < -0.4 is 5.32 Å². The first kappa shape index (κ1) is 21.8. The lowest BCUT2D eigenvalue weighted by atomic mass is 10.0. The number of imide groups is 1. The molecule has 2 aromatic carbocycles. The van der Waals surface area contributed by atoms with E-state index in [1.54, 1.807) is 12.4 Å². The topological polar surface area (TPSA) is 78.4 Å². The first-order valence-corrected chi connectivity index (χ1v) is 11.9. The highest BCUT2D eigenvalue weighted by atomic mass is 32.2. The van der Waals surface area contributed by atoms with E-state index in [0.29, 0.717) is 4.91 Å². The van der Waals surface area contributed by atoms with Gasteiger partial charge in [0.15, 0.2) is 0 Å². The normalized spacial score (nSPS) is 18.9. The van der Waals surface area contributed by atoms with E-state index >= 15 is 0 Å². The van der Waals surface area contributed by atoms with E-state index in [1.165, 1.54) is 5.56 Å². The van der Waals surface area contributed by atoms with Crippen molar-refractivity contribution in [1.82, 2.24) is 25.1 Å². The molecule has 2 aliphatic rings. The lowest BCUT2D eigenvalue weighted by molar-refractivity contribution is -0.115. The van der Waals surface area contributed by atoms with Crippen LogP contribution in [0.5, 0.6) is 0 Å². The summed E-state index contributed by atoms with van der Waals surface area (Å²) in [7, 11) is 0. The van der Waals surface area contributed by atoms with Crippen molar-refractivity contribution in [2.45, 2.75) is 13.5 Å². The number of carbonyl (C=O) groups is 2. The van der Waals surface area contributed by atoms with Crippen LogP contribution in [0.3, 0.4) is 0 Å². The van der Waals surface area contributed by atoms with Crippen LogP contribution in [-0.2, 0) is 11.3 Å². The third-order valence-corrected chi connectivity index (χ3v) is 6.93. The third kappa shape index (κ3) is 4.83. The Morgan fingerprint density at radius 3 is 2.61 bits per heavy atom. The lowest BCUT2D eigenvalue weighted by Crippen LogP contribution is -2.45. The van der Waals surface area contributed by atoms with Crippen LogP contribution in [0.25, 0.3) is 28.2 Å². The fraction of sp³-hybridized carbons (Fsp3) is 0.280. The van der Waals surface area contributed by atoms with E-state index in [1.807, 2.05) is 18.2 Å². The van der Waals surface area contributed by atoms with E-state index < -0.39 is 0 Å². The summed E-state index contributed by atoms with van der Waals surface area (Å²) in [4.78, 5) is 37.8. The van der Waals surface area contributed by atoms with Crippen molar-refractivity contribution < 1.29 is 9.59 Å². The van der Waals surface area contributed by atoms with E-state index in [0.717, 1.165) is 78.8 Å². The fourth-order valence-electron chi connectivity index (χ4n) is 4.31. The van der Waals surface area contributed by atoms with Crippen molar-refractivity contribution in [3.05, 3.63) is 64.8 Å². The van der Waals surface area contributed by atoms with E-state index in [-0.39, 0.29) is 11.1 Å². The van der Waals surface area contributed by atoms with Gasteiger partial charge in [-0.25, -0.2) is 9.97 Å². The molecule has 0 unspecified atom stereocenters. The Kier molecular flexibility index (Phi) is 6.22. The van der Waals surface area contributed by atoms with Gasteiger partial charge >= 0.3 is 0 Å². The molecule has 2 amide bonds. The molecule has 0 spiro atoms. The average molecular weight is 460 g/mol. The van der Waals surface area contributed by atoms with Gasteiger partial charge in [0.2, 0.25) is 0 Å². The molecule has 5 rings (SSSR count). The fourth-order valence-corrected chi connectivity index (χ4v) is 4.99. The molecule has 8 heteroatoms. The number of piperazine rings is 1. The maximum absolute atomic E-state index is 11.9. The van der Waals surface area contributed by atoms with Gasteiger partial charge in [-0.1, -0.05) is 31.2 Å². The van der Waals surface area contributed by atoms with Gasteiger partial charge in [-0.3, -0.25) is 19.8 Å². The van der Waals surface area contributed by atoms with Crippen molar-refractivity contribution in [3.8, 4) is 11.3 Å². The van der Waals surface area contributed by atoms with Crippen LogP contribution in [0, 0.1) is 0 Å². The average Bonchev–Trinajstić information content (AvgIpc) is 3.15. The number of likely N-dealkylation sites (N-methyl/N-ethyl adjacent to an activating group) is 1. The number of rotatable bonds is 5. The number of amides is 2. The van der Waals surface area contributed by atoms with Crippen LogP contribution >= 0.6 is 11.8 Å². The second-order valence-corrected chi connectivity index (χ2v) is 9.28. The van der Waals surface area contributed by atoms with Gasteiger partial charge in [-0.15, -0.1) is 0 Å². The standard InChI is InChI=1S/C25H25N5O2S/c1-2-29-8-10-30(11-9-29)15-18-4-3-5-19(12-18)23-20-13-17(6-7-21(20)26-16-27-23)14-22-24(31)28-25(32)33-22/h3-7,12-14,16H,2,8-11,15H2,1H3,(H,28,31,32). The SMILES string of the molecule is CCN1CCN(Cc2cccc(-c3ncnc4ccc(C=C5SC(=O)NC5=O)cc34)c2)CC1. The van der Waals surface area contributed by atoms with Crippen LogP contribution in [0.15, 0.2) is 53.7 Å². The molecule has 168 valence electrons. The number of benzene rings is 2. The molecule has 0 aliphatic carbocycles. The zero-order valence-corrected chi connectivity index (χ0v) is 19.3. The monoisotopic (exact) mass is 459 g/mol. The molecule has 3 aromatic rings. The molecule has 33 heavy (non-hydrogen) atoms. The van der Waals surface area contributed by atoms with Crippen molar-refractivity contribution >= 4 is 39.9 Å². The first-order chi connectivity index (χ1) is 16.1. The second-order valence-electron chi connectivity index (χ2n) is 8.26. The number of carbonyl (C=O) groups excluding carboxylic acids is 2. The highest BCUT2D eigenvalue weighted by Crippen LogP contribution is 2.30. The van der Waals surface area contributed by atoms with Gasteiger partial charge in [-0.05, 0) is 53.7 Å². The minimum absolute atomic E-state index is 0.344. The van der Waals surface area contributed by atoms with Crippen molar-refractivity contribution in [3.63, 3.8) is 0 Å². The minimum atomic E-state index is -0.359. The maximum atomic E-state index is 11.9. The van der Waals surface area contributed by atoms with Crippen LogP contribution in [0.4, 0.5) is 4.79 Å². The smallest absolute Gasteiger partial charge is 0.290 e. The molecular weight excluding hydrogens is 434 g/mol. The first-order valence-electron chi connectivity index (χ1n) is 11.1. The quantitative estimate of drug-likeness (QED) is 0.582. The lowest BCUT2D eigenvalue weighted by Gasteiger charge is -2.34. The molecule has 2 saturated heterocycles. The summed E-state index contributed by atoms with van der Waals surface area (Å²) in [5, 5.41) is 2.86. The summed E-state index contributed by atoms with van der Waals surface area (Å²) in [5.74, 6) is -0.359. The Labute approximate surface area is 196 Å². The van der Waals surface area contributed by atoms with Crippen LogP contribution in [-0.4, -0.2) is 63.6 Å². The molecule has 0 radical (unpaired) electrons. The van der Waals surface area contributed by atoms with Gasteiger partial charge in [-0.2, -0.15) is 0 Å². The molecular formula is C25H25N5O2S. The number of thioether (sulfide) groups is 1. The molecule has 0 saturated carbocycles. The number of aromatic nitrogens is 2. The Morgan fingerprint density at radius 1 is 1.03 bits per heavy atom. The highest BCUT2D eigenvalue weighted by molar-refractivity contribution is 8.18. The predicted molar refractivity (Wildman–Crippen MR) is 131 cm³/mol. The molecule has 0 bridgehead atoms. The summed E-state index contributed by atoms with van der Waals surface area (Å²) in [6, 6.07) is 14.3. The third-order valence-electron chi connectivity index (χ3n) is 6.12. The number of fused-ring (bicyclic) bond motifs is 1. The zero-order valence-electron chi connectivity index (χ0n) is 18.5. The van der Waals surface area contributed by atoms with Crippen molar-refractivity contribution in [1.29, 1.82) is 0 Å². The Hall–Kier alpha value is -3.07. The number of nitrogens with zero attached hydrogens (tertiary/aromatic N) is 4. The highest BCUT2D eigenvalue weighted by Gasteiger charge is 2.25. The summed E-state index contributed by atoms with van der Waals surface area (Å²) < 4.78 is 0. The molecule has 2 fully saturated rings. The molecule has 3 heterocycles. The largest absolute Gasteiger partial charge is 0.301 e. The second kappa shape index (κ2) is 9.43. The number of hydrogen-bond donors (Lipinski definition) is 1. The number of nitrogens with one attached hydrogen (secondary N) is 1. The predicted octanol–water partition coefficient (Wildman–Crippen LogP) is 3.76. The van der Waals surface area contributed by atoms with Gasteiger partial charge in [0.05, 0.1) is 16.1 Å². The molecule has 0 atom stereocenters. The Bertz CT molecular complexity index is 1250. The summed E-state index contributed by atoms with van der Waals surface area (Å²) in [6.45, 7) is 8.66. The zero-order chi connectivity index (χ0) is 22.8. The van der Waals surface area contributed by atoms with E-state index in [4.69, 9.17) is 0 Å². The van der Waals surface area contributed by atoms with Crippen molar-refractivity contribution in [2.24, 2.45) is 0 Å². The van der Waals surface area contributed by atoms with Gasteiger partial charge < -0.3 is 4.90 Å². The van der Waals surface area contributed by atoms with Gasteiger partial charge in [0, 0.05) is 43.7 Å². The minimum Gasteiger partial charge on any atom is -0.301 e. The van der Waals surface area contributed by atoms with Gasteiger partial charge in [0.1, 0.15) is 6.33 Å². The van der Waals surface area contributed by atoms with E-state index in [2.05, 4.69) is 56.3 Å². The molecule has 1 aromatic heterocycles. The summed E-state index contributed by atoms with van der Waals surface area (Å²) in [5.41, 5.74) is 4.83. The summed E-state index contributed by atoms with van der Waals surface area (Å²) in [6.07, 6.45) is 3.32. The maximum Gasteiger partial charge on any atom is 0.290 e. The van der Waals surface area contributed by atoms with Gasteiger partial charge in [0.25, 0.3) is 11.1 Å². The molecule has 2 aliphatic heterocycles. The van der Waals surface area contributed by atoms with Crippen LogP contribution in [0.2, 0.25) is 0 Å². The molecule has 1 N–H and O–H groups in total. The van der Waals surface area contributed by atoms with Crippen LogP contribution in [0.1, 0.15) is 18.1 Å². The summed E-state index contributed by atoms with van der Waals surface area (Å²) >= 11 is 0.917.